The van der Waals surface area contributed by atoms with Crippen LogP contribution in [0, 0.1) is 5.92 Å². The summed E-state index contributed by atoms with van der Waals surface area (Å²) < 4.78 is 10.2. The zero-order valence-electron chi connectivity index (χ0n) is 18.1. The summed E-state index contributed by atoms with van der Waals surface area (Å²) in [4.78, 5) is 12.0. The predicted octanol–water partition coefficient (Wildman–Crippen LogP) is 7.29. The Morgan fingerprint density at radius 3 is 1.67 bits per heavy atom. The molecule has 27 heavy (non-hydrogen) atoms. The second-order valence-corrected chi connectivity index (χ2v) is 8.10. The summed E-state index contributed by atoms with van der Waals surface area (Å²) in [7, 11) is 1.61. The highest BCUT2D eigenvalue weighted by Crippen LogP contribution is 2.18. The first kappa shape index (κ1) is 26.7. The van der Waals surface area contributed by atoms with Gasteiger partial charge in [0.15, 0.2) is 0 Å². The summed E-state index contributed by atoms with van der Waals surface area (Å²) in [5, 5.41) is 0. The van der Waals surface area contributed by atoms with E-state index in [1.54, 1.807) is 7.11 Å². The number of esters is 1. The van der Waals surface area contributed by atoms with E-state index in [0.717, 1.165) is 12.8 Å². The topological polar surface area (TPSA) is 35.5 Å². The van der Waals surface area contributed by atoms with Gasteiger partial charge in [0, 0.05) is 13.0 Å². The zero-order chi connectivity index (χ0) is 20.0. The minimum atomic E-state index is -0.109. The number of hydrogen-bond acceptors (Lipinski definition) is 3. The molecule has 3 nitrogen and oxygen atoms in total. The quantitative estimate of drug-likeness (QED) is 0.114. The van der Waals surface area contributed by atoms with Crippen LogP contribution in [0.15, 0.2) is 0 Å². The maximum Gasteiger partial charge on any atom is 0.309 e. The number of alkyl halides is 1. The first-order valence-corrected chi connectivity index (χ1v) is 12.0. The van der Waals surface area contributed by atoms with Gasteiger partial charge in [-0.15, -0.1) is 11.6 Å². The Morgan fingerprint density at radius 1 is 0.741 bits per heavy atom. The van der Waals surface area contributed by atoms with Gasteiger partial charge >= 0.3 is 5.97 Å². The molecule has 0 saturated carbocycles. The van der Waals surface area contributed by atoms with Gasteiger partial charge in [-0.1, -0.05) is 96.8 Å². The molecule has 0 rings (SSSR count). The molecule has 162 valence electrons. The first-order chi connectivity index (χ1) is 13.3. The molecule has 1 unspecified atom stereocenters. The van der Waals surface area contributed by atoms with Gasteiger partial charge in [0.1, 0.15) is 6.61 Å². The molecule has 0 aromatic heterocycles. The lowest BCUT2D eigenvalue weighted by atomic mass is 9.97. The summed E-state index contributed by atoms with van der Waals surface area (Å²) in [5.74, 6) is 0.363. The van der Waals surface area contributed by atoms with Crippen LogP contribution in [0.3, 0.4) is 0 Å². The second kappa shape index (κ2) is 22.0. The van der Waals surface area contributed by atoms with E-state index in [1.165, 1.54) is 83.5 Å². The highest BCUT2D eigenvalue weighted by atomic mass is 35.5. The molecule has 0 aliphatic heterocycles. The highest BCUT2D eigenvalue weighted by molar-refractivity contribution is 6.17. The Labute approximate surface area is 173 Å². The first-order valence-electron chi connectivity index (χ1n) is 11.5. The number of carbonyl (C=O) groups excluding carboxylic acids is 1. The maximum absolute atomic E-state index is 12.0. The number of ether oxygens (including phenoxy) is 2. The van der Waals surface area contributed by atoms with Crippen LogP contribution in [0.1, 0.15) is 110 Å². The smallest absolute Gasteiger partial charge is 0.309 e. The molecular formula is C23H45ClO3. The minimum absolute atomic E-state index is 0.0447. The Balaban J connectivity index is 3.45. The average molecular weight is 405 g/mol. The van der Waals surface area contributed by atoms with Crippen molar-refractivity contribution >= 4 is 17.6 Å². The molecule has 0 spiro atoms. The van der Waals surface area contributed by atoms with E-state index < -0.39 is 0 Å². The second-order valence-electron chi connectivity index (χ2n) is 7.72. The molecule has 0 aliphatic carbocycles. The normalized spacial score (nSPS) is 12.3. The van der Waals surface area contributed by atoms with Crippen LogP contribution in [0.5, 0.6) is 0 Å². The van der Waals surface area contributed by atoms with E-state index in [4.69, 9.17) is 21.1 Å². The van der Waals surface area contributed by atoms with Crippen molar-refractivity contribution in [2.45, 2.75) is 110 Å². The number of carbonyl (C=O) groups is 1. The van der Waals surface area contributed by atoms with Crippen LogP contribution in [0.25, 0.3) is 0 Å². The van der Waals surface area contributed by atoms with Gasteiger partial charge in [-0.3, -0.25) is 4.79 Å². The van der Waals surface area contributed by atoms with Crippen molar-refractivity contribution in [3.05, 3.63) is 0 Å². The van der Waals surface area contributed by atoms with Crippen LogP contribution < -0.4 is 0 Å². The van der Waals surface area contributed by atoms with Crippen LogP contribution in [-0.2, 0) is 14.3 Å². The van der Waals surface area contributed by atoms with Crippen molar-refractivity contribution in [1.29, 1.82) is 0 Å². The van der Waals surface area contributed by atoms with Crippen molar-refractivity contribution in [3.8, 4) is 0 Å². The number of halogens is 1. The van der Waals surface area contributed by atoms with Gasteiger partial charge in [0.25, 0.3) is 0 Å². The molecule has 0 radical (unpaired) electrons. The molecule has 4 heteroatoms. The number of rotatable bonds is 21. The molecule has 0 fully saturated rings. The Hall–Kier alpha value is -0.280. The molecule has 0 aliphatic rings. The van der Waals surface area contributed by atoms with Crippen LogP contribution >= 0.6 is 11.6 Å². The fraction of sp³-hybridized carbons (Fsp3) is 0.957. The summed E-state index contributed by atoms with van der Waals surface area (Å²) in [5.41, 5.74) is 0. The van der Waals surface area contributed by atoms with Gasteiger partial charge in [-0.05, 0) is 12.8 Å². The third-order valence-electron chi connectivity index (χ3n) is 5.23. The number of methoxy groups -OCH3 is 1. The maximum atomic E-state index is 12.0. The molecule has 0 bridgehead atoms. The summed E-state index contributed by atoms with van der Waals surface area (Å²) in [6, 6.07) is 0. The summed E-state index contributed by atoms with van der Waals surface area (Å²) in [6.07, 6.45) is 20.5. The summed E-state index contributed by atoms with van der Waals surface area (Å²) >= 11 is 5.83. The highest BCUT2D eigenvalue weighted by Gasteiger charge is 2.18. The Kier molecular flexibility index (Phi) is 21.8. The molecule has 0 aromatic rings. The third kappa shape index (κ3) is 18.8. The van der Waals surface area contributed by atoms with E-state index in [-0.39, 0.29) is 11.9 Å². The fourth-order valence-corrected chi connectivity index (χ4v) is 3.70. The monoisotopic (exact) mass is 404 g/mol. The molecular weight excluding hydrogens is 360 g/mol. The van der Waals surface area contributed by atoms with Gasteiger partial charge in [-0.2, -0.15) is 0 Å². The molecule has 0 amide bonds. The average Bonchev–Trinajstić information content (AvgIpc) is 2.67. The van der Waals surface area contributed by atoms with Crippen molar-refractivity contribution in [1.82, 2.24) is 0 Å². The van der Waals surface area contributed by atoms with E-state index in [2.05, 4.69) is 6.92 Å². The van der Waals surface area contributed by atoms with Crippen molar-refractivity contribution < 1.29 is 14.3 Å². The van der Waals surface area contributed by atoms with Crippen molar-refractivity contribution in [3.63, 3.8) is 0 Å². The molecule has 1 atom stereocenters. The van der Waals surface area contributed by atoms with Crippen LogP contribution in [0.2, 0.25) is 0 Å². The molecule has 0 saturated heterocycles. The van der Waals surface area contributed by atoms with Gasteiger partial charge < -0.3 is 9.47 Å². The lowest BCUT2D eigenvalue weighted by Gasteiger charge is -2.14. The molecule has 0 N–H and O–H groups in total. The van der Waals surface area contributed by atoms with Gasteiger partial charge in [-0.25, -0.2) is 0 Å². The van der Waals surface area contributed by atoms with Crippen LogP contribution in [-0.4, -0.2) is 32.2 Å². The van der Waals surface area contributed by atoms with Crippen LogP contribution in [0.4, 0.5) is 0 Å². The standard InChI is InChI=1S/C23H45ClO3/c1-3-4-5-6-7-8-9-10-11-12-13-14-15-16-17-22(18-19-24)23(25)27-21-20-26-2/h22H,3-21H2,1-2H3. The summed E-state index contributed by atoms with van der Waals surface area (Å²) in [6.45, 7) is 3.07. The van der Waals surface area contributed by atoms with Gasteiger partial charge in [0.05, 0.1) is 12.5 Å². The third-order valence-corrected chi connectivity index (χ3v) is 5.45. The number of hydrogen-bond donors (Lipinski definition) is 0. The predicted molar refractivity (Wildman–Crippen MR) is 117 cm³/mol. The Bertz CT molecular complexity index is 310. The zero-order valence-corrected chi connectivity index (χ0v) is 18.9. The largest absolute Gasteiger partial charge is 0.463 e. The Morgan fingerprint density at radius 2 is 1.22 bits per heavy atom. The minimum Gasteiger partial charge on any atom is -0.463 e. The van der Waals surface area contributed by atoms with Gasteiger partial charge in [0.2, 0.25) is 0 Å². The van der Waals surface area contributed by atoms with E-state index in [1.807, 2.05) is 0 Å². The van der Waals surface area contributed by atoms with Crippen molar-refractivity contribution in [2.75, 3.05) is 26.2 Å². The van der Waals surface area contributed by atoms with E-state index in [9.17, 15) is 4.79 Å². The SMILES string of the molecule is CCCCCCCCCCCCCCCCC(CCCl)C(=O)OCCOC. The fourth-order valence-electron chi connectivity index (χ4n) is 3.44. The van der Waals surface area contributed by atoms with Crippen molar-refractivity contribution in [2.24, 2.45) is 5.92 Å². The number of unbranched alkanes of at least 4 members (excludes halogenated alkanes) is 13. The lowest BCUT2D eigenvalue weighted by Crippen LogP contribution is -2.20. The molecule has 0 aromatic carbocycles. The van der Waals surface area contributed by atoms with E-state index >= 15 is 0 Å². The van der Waals surface area contributed by atoms with E-state index in [0.29, 0.717) is 25.5 Å². The molecule has 0 heterocycles. The lowest BCUT2D eigenvalue weighted by molar-refractivity contribution is -0.150.